The number of hydrogen-bond acceptors (Lipinski definition) is 8. The van der Waals surface area contributed by atoms with E-state index in [2.05, 4.69) is 10.3 Å². The van der Waals surface area contributed by atoms with Gasteiger partial charge in [0.2, 0.25) is 0 Å². The molecule has 6 atom stereocenters. The molecule has 0 bridgehead atoms. The van der Waals surface area contributed by atoms with Crippen LogP contribution in [0, 0.1) is 24.4 Å². The Morgan fingerprint density at radius 3 is 2.49 bits per heavy atom. The molecule has 2 unspecified atom stereocenters. The molecule has 37 heavy (non-hydrogen) atoms. The van der Waals surface area contributed by atoms with Gasteiger partial charge in [0.25, 0.3) is 0 Å². The van der Waals surface area contributed by atoms with Gasteiger partial charge < -0.3 is 29.9 Å². The van der Waals surface area contributed by atoms with Gasteiger partial charge in [-0.2, -0.15) is 0 Å². The molecular formula is C24H24F3N3O7. The summed E-state index contributed by atoms with van der Waals surface area (Å²) in [5.74, 6) is -6.03. The molecule has 0 spiro atoms. The van der Waals surface area contributed by atoms with Crippen molar-refractivity contribution in [1.82, 2.24) is 15.0 Å². The van der Waals surface area contributed by atoms with Crippen LogP contribution in [0.4, 0.5) is 13.2 Å². The lowest BCUT2D eigenvalue weighted by molar-refractivity contribution is -0.238. The molecule has 0 aliphatic carbocycles. The first kappa shape index (κ1) is 26.7. The van der Waals surface area contributed by atoms with Crippen LogP contribution in [0.3, 0.4) is 0 Å². The normalized spacial score (nSPS) is 24.7. The molecular weight excluding hydrogens is 499 g/mol. The minimum atomic E-state index is -1.73. The van der Waals surface area contributed by atoms with Crippen molar-refractivity contribution in [2.75, 3.05) is 6.61 Å². The number of carboxylic acids is 1. The number of nitrogens with zero attached hydrogens (tertiary/aromatic N) is 3. The molecule has 2 heterocycles. The molecule has 198 valence electrons. The maximum absolute atomic E-state index is 13.7. The van der Waals surface area contributed by atoms with Crippen molar-refractivity contribution >= 4 is 5.97 Å². The molecule has 1 aliphatic heterocycles. The fourth-order valence-corrected chi connectivity index (χ4v) is 4.25. The lowest BCUT2D eigenvalue weighted by Gasteiger charge is -2.43. The monoisotopic (exact) mass is 523 g/mol. The van der Waals surface area contributed by atoms with E-state index in [9.17, 15) is 38.4 Å². The summed E-state index contributed by atoms with van der Waals surface area (Å²) in [4.78, 5) is 12.1. The number of ether oxygens (including phenoxy) is 2. The minimum absolute atomic E-state index is 0.119. The van der Waals surface area contributed by atoms with Gasteiger partial charge in [0.15, 0.2) is 23.6 Å². The molecule has 0 saturated carbocycles. The Balaban J connectivity index is 1.62. The highest BCUT2D eigenvalue weighted by molar-refractivity contribution is 5.73. The van der Waals surface area contributed by atoms with E-state index in [1.807, 2.05) is 13.0 Å². The zero-order valence-electron chi connectivity index (χ0n) is 19.4. The first-order chi connectivity index (χ1) is 17.6. The van der Waals surface area contributed by atoms with E-state index >= 15 is 0 Å². The topological polar surface area (TPSA) is 147 Å². The number of aryl methyl sites for hydroxylation is 1. The van der Waals surface area contributed by atoms with Crippen LogP contribution in [0.15, 0.2) is 42.6 Å². The fourth-order valence-electron chi connectivity index (χ4n) is 4.25. The molecule has 4 N–H and O–H groups in total. The SMILES string of the molecule is Cc1cccc(CO[C@H](C(=O)O)[C@@H]2OC(CO)[C@H](O)[C@H](n3cc(-c4cc(F)c(F)c(F)c4)nn3)C2O)c1. The van der Waals surface area contributed by atoms with Crippen LogP contribution < -0.4 is 0 Å². The number of hydrogen-bond donors (Lipinski definition) is 4. The maximum Gasteiger partial charge on any atom is 0.335 e. The van der Waals surface area contributed by atoms with Crippen LogP contribution in [-0.4, -0.2) is 78.5 Å². The van der Waals surface area contributed by atoms with Gasteiger partial charge in [-0.25, -0.2) is 22.6 Å². The first-order valence-electron chi connectivity index (χ1n) is 11.2. The van der Waals surface area contributed by atoms with Crippen molar-refractivity contribution in [1.29, 1.82) is 0 Å². The third-order valence-electron chi connectivity index (χ3n) is 6.08. The second-order valence-corrected chi connectivity index (χ2v) is 8.69. The van der Waals surface area contributed by atoms with E-state index in [1.165, 1.54) is 0 Å². The summed E-state index contributed by atoms with van der Waals surface area (Å²) < 4.78 is 52.7. The van der Waals surface area contributed by atoms with Crippen LogP contribution in [0.1, 0.15) is 17.2 Å². The highest BCUT2D eigenvalue weighted by Gasteiger charge is 2.50. The number of aliphatic hydroxyl groups excluding tert-OH is 3. The van der Waals surface area contributed by atoms with Gasteiger partial charge in [0.1, 0.15) is 36.2 Å². The first-order valence-corrected chi connectivity index (χ1v) is 11.2. The Morgan fingerprint density at radius 2 is 1.86 bits per heavy atom. The summed E-state index contributed by atoms with van der Waals surface area (Å²) in [7, 11) is 0. The Labute approximate surface area is 208 Å². The number of rotatable bonds is 8. The molecule has 13 heteroatoms. The van der Waals surface area contributed by atoms with E-state index in [0.717, 1.165) is 16.4 Å². The molecule has 0 radical (unpaired) electrons. The van der Waals surface area contributed by atoms with Crippen LogP contribution in [0.25, 0.3) is 11.3 Å². The van der Waals surface area contributed by atoms with Crippen LogP contribution >= 0.6 is 0 Å². The molecule has 1 aromatic heterocycles. The van der Waals surface area contributed by atoms with E-state index in [4.69, 9.17) is 9.47 Å². The summed E-state index contributed by atoms with van der Waals surface area (Å²) in [6.07, 6.45) is -6.78. The van der Waals surface area contributed by atoms with E-state index in [1.54, 1.807) is 18.2 Å². The summed E-state index contributed by atoms with van der Waals surface area (Å²) in [6.45, 7) is 0.990. The zero-order chi connectivity index (χ0) is 26.9. The van der Waals surface area contributed by atoms with Crippen molar-refractivity contribution in [2.24, 2.45) is 0 Å². The number of benzene rings is 2. The number of aliphatic hydroxyl groups is 3. The van der Waals surface area contributed by atoms with Crippen molar-refractivity contribution < 1.29 is 47.9 Å². The van der Waals surface area contributed by atoms with Gasteiger partial charge in [0, 0.05) is 5.56 Å². The number of aromatic nitrogens is 3. The Bertz CT molecular complexity index is 1250. The fraction of sp³-hybridized carbons (Fsp3) is 0.375. The summed E-state index contributed by atoms with van der Waals surface area (Å²) in [5.41, 5.74) is 1.31. The summed E-state index contributed by atoms with van der Waals surface area (Å²) in [5, 5.41) is 48.9. The average Bonchev–Trinajstić information content (AvgIpc) is 3.33. The number of carboxylic acid groups (broad SMARTS) is 1. The molecule has 2 aromatic carbocycles. The number of halogens is 3. The highest BCUT2D eigenvalue weighted by Crippen LogP contribution is 2.33. The molecule has 0 amide bonds. The predicted molar refractivity (Wildman–Crippen MR) is 120 cm³/mol. The third kappa shape index (κ3) is 5.50. The second-order valence-electron chi connectivity index (χ2n) is 8.69. The predicted octanol–water partition coefficient (Wildman–Crippen LogP) is 1.36. The van der Waals surface area contributed by atoms with E-state index < -0.39 is 66.6 Å². The van der Waals surface area contributed by atoms with Gasteiger partial charge in [-0.15, -0.1) is 5.10 Å². The molecule has 1 aliphatic rings. The Morgan fingerprint density at radius 1 is 1.16 bits per heavy atom. The van der Waals surface area contributed by atoms with Crippen LogP contribution in [0.5, 0.6) is 0 Å². The van der Waals surface area contributed by atoms with Gasteiger partial charge in [0.05, 0.1) is 19.4 Å². The van der Waals surface area contributed by atoms with Crippen LogP contribution in [-0.2, 0) is 20.9 Å². The van der Waals surface area contributed by atoms with Gasteiger partial charge in [-0.05, 0) is 24.6 Å². The largest absolute Gasteiger partial charge is 0.479 e. The van der Waals surface area contributed by atoms with Gasteiger partial charge in [-0.3, -0.25) is 0 Å². The van der Waals surface area contributed by atoms with Crippen molar-refractivity contribution in [3.63, 3.8) is 0 Å². The summed E-state index contributed by atoms with van der Waals surface area (Å²) >= 11 is 0. The molecule has 10 nitrogen and oxygen atoms in total. The van der Waals surface area contributed by atoms with Crippen LogP contribution in [0.2, 0.25) is 0 Å². The molecule has 3 aromatic rings. The van der Waals surface area contributed by atoms with Crippen molar-refractivity contribution in [2.45, 2.75) is 50.1 Å². The Hall–Kier alpha value is -3.36. The highest BCUT2D eigenvalue weighted by atomic mass is 19.2. The van der Waals surface area contributed by atoms with E-state index in [0.29, 0.717) is 17.7 Å². The molecule has 1 saturated heterocycles. The lowest BCUT2D eigenvalue weighted by atomic mass is 9.90. The quantitative estimate of drug-likeness (QED) is 0.321. The molecule has 1 fully saturated rings. The second kappa shape index (κ2) is 10.9. The third-order valence-corrected chi connectivity index (χ3v) is 6.08. The maximum atomic E-state index is 13.7. The van der Waals surface area contributed by atoms with E-state index in [-0.39, 0.29) is 17.9 Å². The minimum Gasteiger partial charge on any atom is -0.479 e. The van der Waals surface area contributed by atoms with Gasteiger partial charge >= 0.3 is 5.97 Å². The Kier molecular flexibility index (Phi) is 7.90. The number of carbonyl (C=O) groups is 1. The lowest BCUT2D eigenvalue weighted by Crippen LogP contribution is -2.60. The van der Waals surface area contributed by atoms with Gasteiger partial charge in [-0.1, -0.05) is 35.0 Å². The number of aliphatic carboxylic acids is 1. The van der Waals surface area contributed by atoms with Crippen molar-refractivity contribution in [3.8, 4) is 11.3 Å². The zero-order valence-corrected chi connectivity index (χ0v) is 19.4. The molecule has 4 rings (SSSR count). The average molecular weight is 523 g/mol. The summed E-state index contributed by atoms with van der Waals surface area (Å²) in [6, 6.07) is 7.14. The van der Waals surface area contributed by atoms with Crippen molar-refractivity contribution in [3.05, 3.63) is 71.2 Å². The smallest absolute Gasteiger partial charge is 0.335 e. The standard InChI is InChI=1S/C24H24F3N3O7/c1-11-3-2-4-12(5-11)10-36-23(24(34)35)22-21(33)19(20(32)17(9-31)37-22)30-8-16(28-29-30)13-6-14(25)18(27)15(26)7-13/h2-8,17,19-23,31-33H,9-10H2,1H3,(H,34,35)/t17?,19-,20-,21?,22+,23-/m0/s1.